The van der Waals surface area contributed by atoms with Gasteiger partial charge in [-0.3, -0.25) is 0 Å². The third kappa shape index (κ3) is 4.70. The average Bonchev–Trinajstić information content (AvgIpc) is 1.65. The summed E-state index contributed by atoms with van der Waals surface area (Å²) in [4.78, 5) is 0. The van der Waals surface area contributed by atoms with E-state index in [-0.39, 0.29) is 24.0 Å². The van der Waals surface area contributed by atoms with Crippen molar-refractivity contribution >= 4 is 16.8 Å². The Morgan fingerprint density at radius 1 is 1.62 bits per heavy atom. The van der Waals surface area contributed by atoms with Crippen LogP contribution < -0.4 is 29.8 Å². The van der Waals surface area contributed by atoms with Gasteiger partial charge in [-0.05, 0) is 6.26 Å². The van der Waals surface area contributed by atoms with Crippen molar-refractivity contribution in [3.05, 3.63) is 0 Å². The highest BCUT2D eigenvalue weighted by molar-refractivity contribution is 8.13. The van der Waals surface area contributed by atoms with Crippen LogP contribution in [0.4, 0.5) is 0 Å². The maximum absolute atomic E-state index is 5.32. The number of hydrogen-bond donors (Lipinski definition) is 1. The highest BCUT2D eigenvalue weighted by Crippen LogP contribution is 1.91. The summed E-state index contributed by atoms with van der Waals surface area (Å²) in [6.07, 6.45) is 2.00. The van der Waals surface area contributed by atoms with E-state index < -0.39 is 0 Å². The average molecular weight is 246 g/mol. The molecule has 0 unspecified atom stereocenters. The molecule has 0 saturated heterocycles. The van der Waals surface area contributed by atoms with Gasteiger partial charge >= 0.3 is 0 Å². The molecular weight excluding hydrogens is 235 g/mol. The lowest BCUT2D eigenvalue weighted by Crippen LogP contribution is -3.00. The Bertz CT molecular complexity index is 88.0. The van der Waals surface area contributed by atoms with Crippen molar-refractivity contribution in [2.75, 3.05) is 13.3 Å². The molecule has 0 aliphatic heterocycles. The third-order valence-electron chi connectivity index (χ3n) is 0.792. The van der Waals surface area contributed by atoms with Gasteiger partial charge in [0, 0.05) is 6.92 Å². The first-order chi connectivity index (χ1) is 3.18. The van der Waals surface area contributed by atoms with E-state index in [9.17, 15) is 0 Å². The molecule has 0 aromatic rings. The molecule has 0 spiro atoms. The first-order valence-electron chi connectivity index (χ1n) is 2.04. The molecule has 50 valence electrons. The first-order valence-corrected chi connectivity index (χ1v) is 3.27. The van der Waals surface area contributed by atoms with Crippen molar-refractivity contribution in [2.45, 2.75) is 6.92 Å². The van der Waals surface area contributed by atoms with Crippen LogP contribution in [0.5, 0.6) is 0 Å². The molecule has 0 aliphatic carbocycles. The number of halogens is 1. The number of hydrazine groups is 1. The minimum atomic E-state index is 0. The molecule has 0 saturated carbocycles. The number of hydrazone groups is 1. The summed E-state index contributed by atoms with van der Waals surface area (Å²) < 4.78 is 1.60. The predicted molar refractivity (Wildman–Crippen MR) is 34.6 cm³/mol. The zero-order chi connectivity index (χ0) is 5.86. The highest BCUT2D eigenvalue weighted by Gasteiger charge is 1.93. The first kappa shape index (κ1) is 11.4. The van der Waals surface area contributed by atoms with Crippen molar-refractivity contribution in [3.63, 3.8) is 0 Å². The SMILES string of the molecule is CSC(C)=[N+](C)N.[I-]. The maximum atomic E-state index is 5.32. The van der Waals surface area contributed by atoms with Crippen LogP contribution in [0.3, 0.4) is 0 Å². The fourth-order valence-electron chi connectivity index (χ4n) is 0.144. The fraction of sp³-hybridized carbons (Fsp3) is 0.750. The second-order valence-electron chi connectivity index (χ2n) is 1.33. The van der Waals surface area contributed by atoms with Crippen LogP contribution in [0.25, 0.3) is 0 Å². The van der Waals surface area contributed by atoms with Crippen molar-refractivity contribution in [1.82, 2.24) is 0 Å². The van der Waals surface area contributed by atoms with E-state index in [0.717, 1.165) is 5.04 Å². The van der Waals surface area contributed by atoms with E-state index in [1.807, 2.05) is 20.2 Å². The molecule has 0 rings (SSSR count). The normalized spacial score (nSPS) is 11.9. The second-order valence-corrected chi connectivity index (χ2v) is 2.33. The molecule has 0 aromatic heterocycles. The van der Waals surface area contributed by atoms with Gasteiger partial charge in [-0.1, -0.05) is 11.8 Å². The van der Waals surface area contributed by atoms with Crippen LogP contribution in [0.1, 0.15) is 6.92 Å². The minimum Gasteiger partial charge on any atom is -1.00 e. The molecule has 0 atom stereocenters. The van der Waals surface area contributed by atoms with Gasteiger partial charge in [0.15, 0.2) is 7.05 Å². The number of nitrogens with two attached hydrogens (primary N) is 1. The zero-order valence-corrected chi connectivity index (χ0v) is 8.28. The van der Waals surface area contributed by atoms with Crippen LogP contribution >= 0.6 is 11.8 Å². The van der Waals surface area contributed by atoms with E-state index >= 15 is 0 Å². The van der Waals surface area contributed by atoms with Gasteiger partial charge in [0.2, 0.25) is 5.04 Å². The van der Waals surface area contributed by atoms with E-state index in [0.29, 0.717) is 0 Å². The smallest absolute Gasteiger partial charge is 0.235 e. The van der Waals surface area contributed by atoms with Gasteiger partial charge in [0.25, 0.3) is 0 Å². The topological polar surface area (TPSA) is 29.0 Å². The Kier molecular flexibility index (Phi) is 8.07. The highest BCUT2D eigenvalue weighted by atomic mass is 127. The number of rotatable bonds is 0. The largest absolute Gasteiger partial charge is 1.00 e. The summed E-state index contributed by atoms with van der Waals surface area (Å²) in [5, 5.41) is 1.13. The van der Waals surface area contributed by atoms with E-state index in [1.165, 1.54) is 0 Å². The number of hydrogen-bond acceptors (Lipinski definition) is 2. The molecular formula is C4H11IN2S. The molecule has 2 N–H and O–H groups in total. The summed E-state index contributed by atoms with van der Waals surface area (Å²) in [5.41, 5.74) is 0. The molecule has 0 radical (unpaired) electrons. The third-order valence-corrected chi connectivity index (χ3v) is 1.67. The van der Waals surface area contributed by atoms with Crippen LogP contribution in [0.2, 0.25) is 0 Å². The Morgan fingerprint density at radius 2 is 2.00 bits per heavy atom. The summed E-state index contributed by atoms with van der Waals surface area (Å²) in [7, 11) is 1.83. The van der Waals surface area contributed by atoms with Crippen molar-refractivity contribution in [2.24, 2.45) is 5.84 Å². The lowest BCUT2D eigenvalue weighted by molar-refractivity contribution is -0.506. The molecule has 4 heteroatoms. The van der Waals surface area contributed by atoms with Gasteiger partial charge < -0.3 is 24.0 Å². The summed E-state index contributed by atoms with van der Waals surface area (Å²) in [6.45, 7) is 1.98. The molecule has 0 bridgehead atoms. The molecule has 0 aliphatic rings. The molecule has 0 amide bonds. The van der Waals surface area contributed by atoms with Gasteiger partial charge in [-0.25, -0.2) is 5.84 Å². The van der Waals surface area contributed by atoms with E-state index in [2.05, 4.69) is 0 Å². The minimum absolute atomic E-state index is 0. The van der Waals surface area contributed by atoms with Gasteiger partial charge in [0.05, 0.1) is 0 Å². The monoisotopic (exact) mass is 246 g/mol. The summed E-state index contributed by atoms with van der Waals surface area (Å²) >= 11 is 1.65. The van der Waals surface area contributed by atoms with Crippen LogP contribution in [-0.2, 0) is 0 Å². The van der Waals surface area contributed by atoms with Crippen molar-refractivity contribution < 1.29 is 28.7 Å². The van der Waals surface area contributed by atoms with Crippen LogP contribution in [0.15, 0.2) is 0 Å². The van der Waals surface area contributed by atoms with Crippen molar-refractivity contribution in [1.29, 1.82) is 0 Å². The Labute approximate surface area is 71.5 Å². The van der Waals surface area contributed by atoms with E-state index in [1.54, 1.807) is 16.4 Å². The van der Waals surface area contributed by atoms with Gasteiger partial charge in [-0.2, -0.15) is 0 Å². The second kappa shape index (κ2) is 5.68. The quantitative estimate of drug-likeness (QED) is 0.126. The number of nitrogens with zero attached hydrogens (tertiary/aromatic N) is 1. The number of thioether (sulfide) groups is 1. The van der Waals surface area contributed by atoms with E-state index in [4.69, 9.17) is 5.84 Å². The van der Waals surface area contributed by atoms with Crippen LogP contribution in [-0.4, -0.2) is 23.0 Å². The molecule has 2 nitrogen and oxygen atoms in total. The fourth-order valence-corrected chi connectivity index (χ4v) is 0.432. The zero-order valence-electron chi connectivity index (χ0n) is 5.31. The van der Waals surface area contributed by atoms with Crippen molar-refractivity contribution in [3.8, 4) is 0 Å². The van der Waals surface area contributed by atoms with Gasteiger partial charge in [0.1, 0.15) is 0 Å². The molecule has 0 fully saturated rings. The summed E-state index contributed by atoms with van der Waals surface area (Å²) in [6, 6.07) is 0. The predicted octanol–water partition coefficient (Wildman–Crippen LogP) is -2.71. The maximum Gasteiger partial charge on any atom is 0.235 e. The standard InChI is InChI=1S/C4H11N2S.HI/c1-4(7-3)6(2)5;/h5H2,1-3H3;1H/q+1;/p-1. The van der Waals surface area contributed by atoms with Crippen LogP contribution in [0, 0.1) is 0 Å². The molecule has 0 aromatic carbocycles. The lowest BCUT2D eigenvalue weighted by atomic mass is 10.8. The summed E-state index contributed by atoms with van der Waals surface area (Å²) in [5.74, 6) is 5.32. The Hall–Kier alpha value is 0.550. The lowest BCUT2D eigenvalue weighted by Gasteiger charge is -1.86. The molecule has 8 heavy (non-hydrogen) atoms. The van der Waals surface area contributed by atoms with Gasteiger partial charge in [-0.15, -0.1) is 4.68 Å². The Balaban J connectivity index is 0. The molecule has 0 heterocycles. The Morgan fingerprint density at radius 3 is 2.00 bits per heavy atom.